The number of anilines is 3. The lowest BCUT2D eigenvalue weighted by Crippen LogP contribution is -2.41. The zero-order valence-electron chi connectivity index (χ0n) is 18.9. The maximum absolute atomic E-state index is 14.8. The third-order valence-electron chi connectivity index (χ3n) is 6.06. The summed E-state index contributed by atoms with van der Waals surface area (Å²) in [5, 5.41) is 16.5. The van der Waals surface area contributed by atoms with E-state index >= 15 is 0 Å². The van der Waals surface area contributed by atoms with Crippen LogP contribution in [0.2, 0.25) is 0 Å². The number of carbonyl (C=O) groups excluding carboxylic acids is 2. The minimum absolute atomic E-state index is 0.0356. The Morgan fingerprint density at radius 2 is 2.11 bits per heavy atom. The first kappa shape index (κ1) is 23.5. The maximum Gasteiger partial charge on any atom is 0.415 e. The van der Waals surface area contributed by atoms with Crippen molar-refractivity contribution in [3.8, 4) is 0 Å². The molecule has 1 saturated carbocycles. The number of aromatic nitrogens is 4. The first-order valence-electron chi connectivity index (χ1n) is 11.2. The molecule has 2 atom stereocenters. The highest BCUT2D eigenvalue weighted by atomic mass is 19.1. The largest absolute Gasteiger partial charge is 0.438 e. The number of hydrogen-bond donors (Lipinski definition) is 3. The van der Waals surface area contributed by atoms with E-state index in [1.54, 1.807) is 10.9 Å². The second-order valence-corrected chi connectivity index (χ2v) is 8.42. The average Bonchev–Trinajstić information content (AvgIpc) is 3.30. The van der Waals surface area contributed by atoms with E-state index < -0.39 is 29.4 Å². The lowest BCUT2D eigenvalue weighted by molar-refractivity contribution is 0.118. The van der Waals surface area contributed by atoms with Gasteiger partial charge in [-0.3, -0.25) is 10.2 Å². The van der Waals surface area contributed by atoms with Crippen LogP contribution in [0, 0.1) is 11.6 Å². The molecule has 2 aromatic heterocycles. The number of nitrogens with two attached hydrogens (primary N) is 1. The van der Waals surface area contributed by atoms with Crippen LogP contribution >= 0.6 is 0 Å². The Morgan fingerprint density at radius 3 is 2.78 bits per heavy atom. The number of benzene rings is 1. The summed E-state index contributed by atoms with van der Waals surface area (Å²) in [7, 11) is 0. The third kappa shape index (κ3) is 4.51. The van der Waals surface area contributed by atoms with Gasteiger partial charge in [0.2, 0.25) is 0 Å². The molecule has 2 fully saturated rings. The molecule has 0 radical (unpaired) electrons. The smallest absolute Gasteiger partial charge is 0.415 e. The van der Waals surface area contributed by atoms with E-state index in [0.717, 1.165) is 12.1 Å². The van der Waals surface area contributed by atoms with Crippen LogP contribution in [0.15, 0.2) is 41.4 Å². The van der Waals surface area contributed by atoms with E-state index in [1.807, 2.05) is 0 Å². The number of ether oxygens (including phenoxy) is 1. The van der Waals surface area contributed by atoms with Gasteiger partial charge in [-0.2, -0.15) is 0 Å². The highest BCUT2D eigenvalue weighted by molar-refractivity contribution is 5.91. The Morgan fingerprint density at radius 1 is 1.31 bits per heavy atom. The van der Waals surface area contributed by atoms with Crippen molar-refractivity contribution in [2.45, 2.75) is 18.1 Å². The number of halogens is 2. The predicted octanol–water partition coefficient (Wildman–Crippen LogP) is 1.79. The van der Waals surface area contributed by atoms with Crippen molar-refractivity contribution < 1.29 is 27.6 Å². The van der Waals surface area contributed by atoms with Gasteiger partial charge in [-0.05, 0) is 0 Å². The molecule has 36 heavy (non-hydrogen) atoms. The highest BCUT2D eigenvalue weighted by Crippen LogP contribution is 2.54. The number of amides is 3. The number of urea groups is 1. The van der Waals surface area contributed by atoms with Crippen LogP contribution in [-0.2, 0) is 4.74 Å². The average molecular weight is 503 g/mol. The quantitative estimate of drug-likeness (QED) is 0.396. The molecule has 5 rings (SSSR count). The van der Waals surface area contributed by atoms with E-state index in [-0.39, 0.29) is 56.0 Å². The van der Waals surface area contributed by atoms with E-state index in [4.69, 9.17) is 10.5 Å². The van der Waals surface area contributed by atoms with Crippen molar-refractivity contribution in [2.24, 2.45) is 5.73 Å². The molecule has 0 unspecified atom stereocenters. The molecule has 1 aliphatic carbocycles. The standard InChI is InChI=1S/C21H23F2N9O4/c22-14-9-13(31-12-21(36-20(31)34)11-16(21)32-7-4-26-29-32)10-15(23)18(14)25-3-6-30(5-2-24)19(33)27-17-1-8-35-28-17/h1,4,7-10,16,25H,2-3,5-6,11-12,24H2,(H,27,28,33)/t16-,21-/m0/s1. The molecular formula is C21H23F2N9O4. The van der Waals surface area contributed by atoms with Crippen LogP contribution in [0.25, 0.3) is 0 Å². The fourth-order valence-electron chi connectivity index (χ4n) is 4.19. The van der Waals surface area contributed by atoms with Crippen molar-refractivity contribution in [2.75, 3.05) is 48.3 Å². The molecule has 13 nitrogen and oxygen atoms in total. The lowest BCUT2D eigenvalue weighted by Gasteiger charge is -2.22. The van der Waals surface area contributed by atoms with Crippen LogP contribution in [-0.4, -0.2) is 75.5 Å². The topological polar surface area (TPSA) is 157 Å². The maximum atomic E-state index is 14.8. The molecule has 1 saturated heterocycles. The second-order valence-electron chi connectivity index (χ2n) is 8.42. The number of nitrogens with zero attached hydrogens (tertiary/aromatic N) is 6. The van der Waals surface area contributed by atoms with Crippen LogP contribution < -0.4 is 21.3 Å². The summed E-state index contributed by atoms with van der Waals surface area (Å²) in [5.74, 6) is -1.55. The van der Waals surface area contributed by atoms with Gasteiger partial charge in [-0.1, -0.05) is 10.4 Å². The molecule has 3 heterocycles. The van der Waals surface area contributed by atoms with Gasteiger partial charge in [-0.25, -0.2) is 23.1 Å². The molecule has 2 aliphatic rings. The molecule has 1 aromatic carbocycles. The summed E-state index contributed by atoms with van der Waals surface area (Å²) in [5.41, 5.74) is 4.44. The van der Waals surface area contributed by atoms with Gasteiger partial charge in [0, 0.05) is 57.0 Å². The SMILES string of the molecule is NCCN(CCNc1c(F)cc(N2C[C@]3(C[C@@H]3n3ccnn3)OC2=O)cc1F)C(=O)Nc1ccon1. The van der Waals surface area contributed by atoms with Crippen LogP contribution in [0.1, 0.15) is 12.5 Å². The van der Waals surface area contributed by atoms with Crippen molar-refractivity contribution in [1.82, 2.24) is 25.1 Å². The molecule has 1 aliphatic heterocycles. The molecule has 190 valence electrons. The summed E-state index contributed by atoms with van der Waals surface area (Å²) >= 11 is 0. The van der Waals surface area contributed by atoms with Gasteiger partial charge >= 0.3 is 12.1 Å². The molecule has 1 spiro atoms. The zero-order chi connectivity index (χ0) is 25.3. The summed E-state index contributed by atoms with van der Waals surface area (Å²) in [6, 6.07) is 2.93. The number of hydrogen-bond acceptors (Lipinski definition) is 9. The first-order chi connectivity index (χ1) is 17.4. The molecule has 0 bridgehead atoms. The minimum atomic E-state index is -0.889. The zero-order valence-corrected chi connectivity index (χ0v) is 18.9. The van der Waals surface area contributed by atoms with Gasteiger partial charge < -0.3 is 25.2 Å². The van der Waals surface area contributed by atoms with Crippen LogP contribution in [0.3, 0.4) is 0 Å². The van der Waals surface area contributed by atoms with Crippen molar-refractivity contribution in [3.05, 3.63) is 48.5 Å². The molecule has 3 amide bonds. The van der Waals surface area contributed by atoms with Gasteiger partial charge in [0.05, 0.1) is 24.5 Å². The van der Waals surface area contributed by atoms with E-state index in [9.17, 15) is 18.4 Å². The Balaban J connectivity index is 1.21. The molecule has 3 aromatic rings. The van der Waals surface area contributed by atoms with Crippen LogP contribution in [0.5, 0.6) is 0 Å². The predicted molar refractivity (Wildman–Crippen MR) is 121 cm³/mol. The summed E-state index contributed by atoms with van der Waals surface area (Å²) < 4.78 is 41.5. The van der Waals surface area contributed by atoms with Crippen molar-refractivity contribution in [3.63, 3.8) is 0 Å². The lowest BCUT2D eigenvalue weighted by atomic mass is 10.2. The van der Waals surface area contributed by atoms with Gasteiger partial charge in [0.15, 0.2) is 23.1 Å². The minimum Gasteiger partial charge on any atom is -0.438 e. The Labute approximate surface area is 203 Å². The first-order valence-corrected chi connectivity index (χ1v) is 11.2. The number of nitrogens with one attached hydrogen (secondary N) is 2. The van der Waals surface area contributed by atoms with Gasteiger partial charge in [0.1, 0.15) is 12.0 Å². The molecule has 4 N–H and O–H groups in total. The highest BCUT2D eigenvalue weighted by Gasteiger charge is 2.65. The molecular weight excluding hydrogens is 480 g/mol. The van der Waals surface area contributed by atoms with Crippen molar-refractivity contribution >= 4 is 29.3 Å². The second kappa shape index (κ2) is 9.41. The van der Waals surface area contributed by atoms with E-state index in [1.165, 1.54) is 28.3 Å². The van der Waals surface area contributed by atoms with Gasteiger partial charge in [0.25, 0.3) is 0 Å². The Bertz CT molecular complexity index is 1220. The fourth-order valence-corrected chi connectivity index (χ4v) is 4.19. The van der Waals surface area contributed by atoms with Gasteiger partial charge in [-0.15, -0.1) is 5.10 Å². The fraction of sp³-hybridized carbons (Fsp3) is 0.381. The van der Waals surface area contributed by atoms with E-state index in [0.29, 0.717) is 6.42 Å². The summed E-state index contributed by atoms with van der Waals surface area (Å²) in [6.07, 6.45) is 4.35. The number of rotatable bonds is 9. The summed E-state index contributed by atoms with van der Waals surface area (Å²) in [4.78, 5) is 27.4. The number of carbonyl (C=O) groups is 2. The Hall–Kier alpha value is -4.27. The van der Waals surface area contributed by atoms with E-state index in [2.05, 4.69) is 30.6 Å². The summed E-state index contributed by atoms with van der Waals surface area (Å²) in [6.45, 7) is 0.676. The van der Waals surface area contributed by atoms with Crippen molar-refractivity contribution in [1.29, 1.82) is 0 Å². The molecule has 15 heteroatoms. The van der Waals surface area contributed by atoms with Crippen LogP contribution in [0.4, 0.5) is 35.6 Å². The third-order valence-corrected chi connectivity index (χ3v) is 6.06. The monoisotopic (exact) mass is 503 g/mol. The Kier molecular flexibility index (Phi) is 6.13. The normalized spacial score (nSPS) is 20.5.